The van der Waals surface area contributed by atoms with Crippen LogP contribution >= 0.6 is 0 Å². The largest absolute Gasteiger partial charge is 0.582 e. The molecule has 3 aromatic rings. The molecule has 0 aliphatic rings. The average Bonchev–Trinajstić information content (AvgIpc) is 2.75. The van der Waals surface area contributed by atoms with Crippen molar-refractivity contribution in [2.45, 2.75) is 31.1 Å². The SMILES string of the molecule is CCCc1cc(Oc2ccccc2)ccc1OCCC[OH+]c1cccc(S(N)(=O)=O)c1. The molecule has 0 fully saturated rings. The number of aliphatic hydroxyl groups is 1. The summed E-state index contributed by atoms with van der Waals surface area (Å²) in [7, 11) is -3.73. The van der Waals surface area contributed by atoms with Gasteiger partial charge in [0.25, 0.3) is 5.75 Å². The highest BCUT2D eigenvalue weighted by Crippen LogP contribution is 2.29. The fraction of sp³-hybridized carbons (Fsp3) is 0.250. The fourth-order valence-electron chi connectivity index (χ4n) is 3.06. The molecule has 0 unspecified atom stereocenters. The first-order valence-corrected chi connectivity index (χ1v) is 11.8. The van der Waals surface area contributed by atoms with Gasteiger partial charge in [-0.05, 0) is 48.4 Å². The monoisotopic (exact) mass is 442 g/mol. The molecule has 0 aliphatic heterocycles. The quantitative estimate of drug-likeness (QED) is 0.341. The summed E-state index contributed by atoms with van der Waals surface area (Å²) in [6, 6.07) is 21.9. The molecule has 0 aliphatic carbocycles. The Hall–Kier alpha value is -3.03. The van der Waals surface area contributed by atoms with Crippen LogP contribution in [0.15, 0.2) is 77.7 Å². The summed E-state index contributed by atoms with van der Waals surface area (Å²) in [5.74, 6) is 3.01. The van der Waals surface area contributed by atoms with Gasteiger partial charge in [0.1, 0.15) is 17.2 Å². The van der Waals surface area contributed by atoms with E-state index in [1.807, 2.05) is 48.5 Å². The fourth-order valence-corrected chi connectivity index (χ4v) is 3.62. The van der Waals surface area contributed by atoms with Crippen molar-refractivity contribution < 1.29 is 22.6 Å². The van der Waals surface area contributed by atoms with Gasteiger partial charge in [0.05, 0.1) is 24.0 Å². The summed E-state index contributed by atoms with van der Waals surface area (Å²) in [6.45, 7) is 3.16. The minimum absolute atomic E-state index is 0.0621. The highest BCUT2D eigenvalue weighted by Gasteiger charge is 2.11. The lowest BCUT2D eigenvalue weighted by molar-refractivity contribution is 0.0573. The number of rotatable bonds is 11. The highest BCUT2D eigenvalue weighted by molar-refractivity contribution is 7.89. The summed E-state index contributed by atoms with van der Waals surface area (Å²) in [5, 5.41) is 5.16. The Balaban J connectivity index is 1.53. The van der Waals surface area contributed by atoms with E-state index in [2.05, 4.69) is 11.7 Å². The van der Waals surface area contributed by atoms with Crippen molar-refractivity contribution >= 4 is 10.0 Å². The number of benzene rings is 3. The zero-order chi connectivity index (χ0) is 22.1. The molecule has 6 nitrogen and oxygen atoms in total. The zero-order valence-corrected chi connectivity index (χ0v) is 18.3. The van der Waals surface area contributed by atoms with E-state index < -0.39 is 10.0 Å². The molecule has 3 aromatic carbocycles. The third-order valence-electron chi connectivity index (χ3n) is 4.53. The topological polar surface area (TPSA) is 91.4 Å². The predicted molar refractivity (Wildman–Crippen MR) is 121 cm³/mol. The lowest BCUT2D eigenvalue weighted by Crippen LogP contribution is -2.12. The van der Waals surface area contributed by atoms with Gasteiger partial charge in [-0.1, -0.05) is 37.6 Å². The molecule has 0 amide bonds. The van der Waals surface area contributed by atoms with Crippen LogP contribution in [0.1, 0.15) is 25.3 Å². The summed E-state index contributed by atoms with van der Waals surface area (Å²) in [4.78, 5) is 0.0621. The molecule has 0 atom stereocenters. The molecule has 31 heavy (non-hydrogen) atoms. The number of primary sulfonamides is 1. The Morgan fingerprint density at radius 1 is 0.935 bits per heavy atom. The maximum absolute atomic E-state index is 11.4. The Morgan fingerprint density at radius 2 is 1.74 bits per heavy atom. The molecule has 0 aromatic heterocycles. The van der Waals surface area contributed by atoms with Gasteiger partial charge in [-0.15, -0.1) is 0 Å². The maximum Gasteiger partial charge on any atom is 0.255 e. The van der Waals surface area contributed by atoms with Crippen LogP contribution in [0.4, 0.5) is 0 Å². The molecular weight excluding hydrogens is 414 g/mol. The maximum atomic E-state index is 11.4. The van der Waals surface area contributed by atoms with Crippen LogP contribution in [0.3, 0.4) is 0 Å². The van der Waals surface area contributed by atoms with E-state index in [9.17, 15) is 8.42 Å². The van der Waals surface area contributed by atoms with Crippen molar-refractivity contribution in [1.82, 2.24) is 0 Å². The van der Waals surface area contributed by atoms with Crippen molar-refractivity contribution in [3.63, 3.8) is 0 Å². The van der Waals surface area contributed by atoms with Crippen LogP contribution < -0.4 is 14.6 Å². The van der Waals surface area contributed by atoms with Gasteiger partial charge in [-0.2, -0.15) is 0 Å². The minimum atomic E-state index is -3.73. The second-order valence-electron chi connectivity index (χ2n) is 7.06. The molecule has 3 rings (SSSR count). The summed E-state index contributed by atoms with van der Waals surface area (Å²) in [5.41, 5.74) is 1.11. The van der Waals surface area contributed by atoms with Crippen LogP contribution in [0.5, 0.6) is 23.0 Å². The van der Waals surface area contributed by atoms with Crippen LogP contribution in [0.2, 0.25) is 0 Å². The second-order valence-corrected chi connectivity index (χ2v) is 8.62. The Kier molecular flexibility index (Phi) is 7.92. The van der Waals surface area contributed by atoms with Gasteiger partial charge < -0.3 is 14.2 Å². The van der Waals surface area contributed by atoms with E-state index in [4.69, 9.17) is 14.6 Å². The Bertz CT molecular complexity index is 1080. The van der Waals surface area contributed by atoms with E-state index in [1.165, 1.54) is 12.1 Å². The van der Waals surface area contributed by atoms with E-state index >= 15 is 0 Å². The average molecular weight is 443 g/mol. The van der Waals surface area contributed by atoms with Gasteiger partial charge in [0, 0.05) is 6.07 Å². The first kappa shape index (κ1) is 22.7. The molecule has 3 N–H and O–H groups in total. The number of hydrogen-bond donors (Lipinski definition) is 1. The molecule has 0 spiro atoms. The molecule has 0 bridgehead atoms. The van der Waals surface area contributed by atoms with Crippen molar-refractivity contribution in [2.24, 2.45) is 5.14 Å². The van der Waals surface area contributed by atoms with Crippen LogP contribution in [0, 0.1) is 0 Å². The number of sulfonamides is 1. The van der Waals surface area contributed by atoms with Crippen LogP contribution in [0.25, 0.3) is 0 Å². The molecule has 0 radical (unpaired) electrons. The normalized spacial score (nSPS) is 11.2. The minimum Gasteiger partial charge on any atom is -0.582 e. The first-order valence-electron chi connectivity index (χ1n) is 10.2. The number of aryl methyl sites for hydroxylation is 1. The second kappa shape index (κ2) is 10.8. The van der Waals surface area contributed by atoms with Crippen molar-refractivity contribution in [3.05, 3.63) is 78.4 Å². The van der Waals surface area contributed by atoms with Gasteiger partial charge >= 0.3 is 0 Å². The molecular formula is C24H28NO5S+. The van der Waals surface area contributed by atoms with Crippen molar-refractivity contribution in [2.75, 3.05) is 13.2 Å². The Labute approximate surface area is 183 Å². The lowest BCUT2D eigenvalue weighted by Gasteiger charge is -2.13. The third-order valence-corrected chi connectivity index (χ3v) is 5.44. The number of hydrogen-bond acceptors (Lipinski definition) is 4. The number of aromatic hydroxyl groups is 1. The van der Waals surface area contributed by atoms with Gasteiger partial charge in [0.15, 0.2) is 6.61 Å². The van der Waals surface area contributed by atoms with Crippen molar-refractivity contribution in [3.8, 4) is 23.0 Å². The lowest BCUT2D eigenvalue weighted by atomic mass is 10.1. The van der Waals surface area contributed by atoms with Gasteiger partial charge in [-0.3, -0.25) is 0 Å². The van der Waals surface area contributed by atoms with E-state index in [1.54, 1.807) is 12.1 Å². The number of ether oxygens (including phenoxy) is 3. The molecule has 0 heterocycles. The molecule has 0 saturated heterocycles. The number of nitrogens with two attached hydrogens (primary N) is 1. The third kappa shape index (κ3) is 7.01. The van der Waals surface area contributed by atoms with Gasteiger partial charge in [-0.25, -0.2) is 13.6 Å². The summed E-state index contributed by atoms with van der Waals surface area (Å²) >= 11 is 0. The standard InChI is InChI=1S/C24H27NO5S/c1-2-8-19-17-22(30-20-9-4-3-5-10-20)13-14-24(19)29-16-7-15-28-21-11-6-12-23(18-21)31(25,26)27/h3-6,9-14,17-18H,2,7-8,15-16H2,1H3,(H2,25,26,27)/p+1. The summed E-state index contributed by atoms with van der Waals surface area (Å²) in [6.07, 6.45) is 2.60. The molecule has 0 saturated carbocycles. The smallest absolute Gasteiger partial charge is 0.255 e. The van der Waals surface area contributed by atoms with E-state index in [0.717, 1.165) is 35.7 Å². The Morgan fingerprint density at radius 3 is 2.48 bits per heavy atom. The predicted octanol–water partition coefficient (Wildman–Crippen LogP) is 4.79. The van der Waals surface area contributed by atoms with E-state index in [0.29, 0.717) is 25.4 Å². The van der Waals surface area contributed by atoms with Crippen LogP contribution in [-0.2, 0) is 16.4 Å². The molecule has 7 heteroatoms. The highest BCUT2D eigenvalue weighted by atomic mass is 32.2. The number of para-hydroxylation sites is 1. The van der Waals surface area contributed by atoms with Crippen LogP contribution in [-0.4, -0.2) is 26.4 Å². The van der Waals surface area contributed by atoms with E-state index in [-0.39, 0.29) is 4.90 Å². The zero-order valence-electron chi connectivity index (χ0n) is 17.5. The van der Waals surface area contributed by atoms with Gasteiger partial charge in [0.2, 0.25) is 10.0 Å². The summed E-state index contributed by atoms with van der Waals surface area (Å²) < 4.78 is 39.2. The first-order chi connectivity index (χ1) is 15.0. The molecule has 164 valence electrons. The van der Waals surface area contributed by atoms with Crippen molar-refractivity contribution in [1.29, 1.82) is 0 Å².